The molecular formula is C10H6BO2. The Hall–Kier alpha value is -1.64. The van der Waals surface area contributed by atoms with E-state index in [1.165, 1.54) is 13.1 Å². The molecule has 13 heavy (non-hydrogen) atoms. The van der Waals surface area contributed by atoms with Crippen LogP contribution in [0.4, 0.5) is 0 Å². The fourth-order valence-corrected chi connectivity index (χ4v) is 1.56. The van der Waals surface area contributed by atoms with Crippen molar-refractivity contribution < 1.29 is 9.31 Å². The molecule has 1 aliphatic rings. The van der Waals surface area contributed by atoms with Crippen molar-refractivity contribution in [1.82, 2.24) is 0 Å². The van der Waals surface area contributed by atoms with Gasteiger partial charge in [0.1, 0.15) is 5.75 Å². The Bertz CT molecular complexity index is 467. The second kappa shape index (κ2) is 2.42. The number of hydrogen-bond acceptors (Lipinski definition) is 2. The van der Waals surface area contributed by atoms with Gasteiger partial charge in [-0.3, -0.25) is 0 Å². The van der Waals surface area contributed by atoms with Crippen molar-refractivity contribution >= 4 is 18.5 Å². The first-order valence-electron chi connectivity index (χ1n) is 4.12. The van der Waals surface area contributed by atoms with Crippen LogP contribution in [-0.4, -0.2) is 7.69 Å². The molecule has 0 aliphatic carbocycles. The fourth-order valence-electron chi connectivity index (χ4n) is 1.56. The van der Waals surface area contributed by atoms with Gasteiger partial charge in [0, 0.05) is 5.39 Å². The van der Waals surface area contributed by atoms with E-state index in [-0.39, 0.29) is 0 Å². The number of hydrogen-bond donors (Lipinski definition) is 0. The average Bonchev–Trinajstić information content (AvgIpc) is 2.65. The average molecular weight is 169 g/mol. The van der Waals surface area contributed by atoms with Gasteiger partial charge in [-0.15, -0.1) is 0 Å². The Morgan fingerprint density at radius 3 is 2.85 bits per heavy atom. The van der Waals surface area contributed by atoms with E-state index in [2.05, 4.69) is 6.07 Å². The summed E-state index contributed by atoms with van der Waals surface area (Å²) in [5.74, 6) is 1.61. The van der Waals surface area contributed by atoms with Gasteiger partial charge in [0.25, 0.3) is 0 Å². The summed E-state index contributed by atoms with van der Waals surface area (Å²) < 4.78 is 10.4. The summed E-state index contributed by atoms with van der Waals surface area (Å²) in [6, 6.07) is 12.0. The van der Waals surface area contributed by atoms with Gasteiger partial charge in [-0.2, -0.15) is 0 Å². The van der Waals surface area contributed by atoms with Crippen LogP contribution in [0.1, 0.15) is 0 Å². The summed E-state index contributed by atoms with van der Waals surface area (Å²) in [5, 5.41) is 2.26. The molecule has 2 aromatic carbocycles. The van der Waals surface area contributed by atoms with Crippen LogP contribution in [0.5, 0.6) is 11.5 Å². The van der Waals surface area contributed by atoms with Gasteiger partial charge in [0.05, 0.1) is 0 Å². The van der Waals surface area contributed by atoms with Crippen LogP contribution in [0.15, 0.2) is 36.4 Å². The van der Waals surface area contributed by atoms with Crippen LogP contribution < -0.4 is 9.31 Å². The molecule has 0 saturated heterocycles. The van der Waals surface area contributed by atoms with Crippen LogP contribution in [0, 0.1) is 0 Å². The summed E-state index contributed by atoms with van der Waals surface area (Å²) in [6.07, 6.45) is 0. The van der Waals surface area contributed by atoms with Crippen LogP contribution in [0.25, 0.3) is 10.8 Å². The minimum absolute atomic E-state index is 0.790. The quantitative estimate of drug-likeness (QED) is 0.562. The van der Waals surface area contributed by atoms with Gasteiger partial charge >= 0.3 is 7.69 Å². The molecule has 0 N–H and O–H groups in total. The number of benzene rings is 2. The molecule has 0 amide bonds. The molecule has 3 heteroatoms. The van der Waals surface area contributed by atoms with Crippen molar-refractivity contribution in [3.05, 3.63) is 36.4 Å². The third-order valence-electron chi connectivity index (χ3n) is 2.18. The topological polar surface area (TPSA) is 18.5 Å². The lowest BCUT2D eigenvalue weighted by Gasteiger charge is -2.02. The standard InChI is InChI=1S/C10H6BO2/c1-2-4-8-7(3-1)5-6-9-10(8)13-11-12-9/h1-6H. The molecule has 1 aliphatic heterocycles. The lowest BCUT2D eigenvalue weighted by molar-refractivity contribution is 0.543. The van der Waals surface area contributed by atoms with Gasteiger partial charge in [-0.25, -0.2) is 0 Å². The molecule has 1 heterocycles. The van der Waals surface area contributed by atoms with E-state index < -0.39 is 0 Å². The van der Waals surface area contributed by atoms with Crippen LogP contribution in [0.3, 0.4) is 0 Å². The van der Waals surface area contributed by atoms with E-state index in [1.807, 2.05) is 30.3 Å². The summed E-state index contributed by atoms with van der Waals surface area (Å²) in [5.41, 5.74) is 0. The van der Waals surface area contributed by atoms with Gasteiger partial charge in [-0.05, 0) is 11.5 Å². The van der Waals surface area contributed by atoms with Crippen molar-refractivity contribution in [2.24, 2.45) is 0 Å². The molecule has 2 nitrogen and oxygen atoms in total. The second-order valence-electron chi connectivity index (χ2n) is 2.95. The Balaban J connectivity index is 2.43. The minimum atomic E-state index is 0.790. The highest BCUT2D eigenvalue weighted by atomic mass is 16.6. The second-order valence-corrected chi connectivity index (χ2v) is 2.95. The Morgan fingerprint density at radius 2 is 1.85 bits per heavy atom. The predicted molar refractivity (Wildman–Crippen MR) is 51.0 cm³/mol. The SMILES string of the molecule is [B]1Oc2ccc3ccccc3c2O1. The smallest absolute Gasteiger partial charge is 0.524 e. The molecule has 0 bridgehead atoms. The van der Waals surface area contributed by atoms with Crippen LogP contribution in [-0.2, 0) is 0 Å². The molecule has 0 fully saturated rings. The lowest BCUT2D eigenvalue weighted by Crippen LogP contribution is -1.99. The van der Waals surface area contributed by atoms with E-state index in [1.54, 1.807) is 0 Å². The number of rotatable bonds is 0. The zero-order chi connectivity index (χ0) is 8.67. The highest BCUT2D eigenvalue weighted by Crippen LogP contribution is 2.37. The minimum Gasteiger partial charge on any atom is -0.524 e. The van der Waals surface area contributed by atoms with Crippen molar-refractivity contribution in [1.29, 1.82) is 0 Å². The molecule has 0 atom stereocenters. The Morgan fingerprint density at radius 1 is 0.923 bits per heavy atom. The predicted octanol–water partition coefficient (Wildman–Crippen LogP) is 2.15. The van der Waals surface area contributed by atoms with Gasteiger partial charge in [-0.1, -0.05) is 30.3 Å². The van der Waals surface area contributed by atoms with E-state index >= 15 is 0 Å². The van der Waals surface area contributed by atoms with Crippen molar-refractivity contribution in [2.45, 2.75) is 0 Å². The summed E-state index contributed by atoms with van der Waals surface area (Å²) in [7, 11) is 1.36. The van der Waals surface area contributed by atoms with Gasteiger partial charge in [0.2, 0.25) is 0 Å². The molecular weight excluding hydrogens is 163 g/mol. The molecule has 0 spiro atoms. The Kier molecular flexibility index (Phi) is 1.27. The van der Waals surface area contributed by atoms with E-state index in [9.17, 15) is 0 Å². The molecule has 0 unspecified atom stereocenters. The molecule has 0 saturated carbocycles. The van der Waals surface area contributed by atoms with Crippen LogP contribution >= 0.6 is 0 Å². The highest BCUT2D eigenvalue weighted by Gasteiger charge is 2.18. The first kappa shape index (κ1) is 6.84. The number of fused-ring (bicyclic) bond motifs is 3. The van der Waals surface area contributed by atoms with E-state index in [0.717, 1.165) is 16.9 Å². The summed E-state index contributed by atoms with van der Waals surface area (Å²) in [6.45, 7) is 0. The largest absolute Gasteiger partial charge is 0.658 e. The molecule has 0 aromatic heterocycles. The first-order chi connectivity index (χ1) is 6.45. The van der Waals surface area contributed by atoms with E-state index in [0.29, 0.717) is 0 Å². The van der Waals surface area contributed by atoms with Crippen LogP contribution in [0.2, 0.25) is 0 Å². The van der Waals surface area contributed by atoms with E-state index in [4.69, 9.17) is 9.31 Å². The third-order valence-corrected chi connectivity index (χ3v) is 2.18. The normalized spacial score (nSPS) is 12.9. The summed E-state index contributed by atoms with van der Waals surface area (Å²) in [4.78, 5) is 0. The van der Waals surface area contributed by atoms with Gasteiger partial charge in [0.15, 0.2) is 5.75 Å². The first-order valence-corrected chi connectivity index (χ1v) is 4.12. The fraction of sp³-hybridized carbons (Fsp3) is 0. The highest BCUT2D eigenvalue weighted by molar-refractivity contribution is 6.24. The van der Waals surface area contributed by atoms with Gasteiger partial charge < -0.3 is 9.31 Å². The molecule has 2 aromatic rings. The lowest BCUT2D eigenvalue weighted by atomic mass is 10.1. The van der Waals surface area contributed by atoms with Crippen molar-refractivity contribution in [3.8, 4) is 11.5 Å². The van der Waals surface area contributed by atoms with Crippen molar-refractivity contribution in [2.75, 3.05) is 0 Å². The van der Waals surface area contributed by atoms with Crippen molar-refractivity contribution in [3.63, 3.8) is 0 Å². The maximum Gasteiger partial charge on any atom is 0.658 e. The molecule has 61 valence electrons. The molecule has 1 radical (unpaired) electrons. The maximum atomic E-state index is 5.26. The summed E-state index contributed by atoms with van der Waals surface area (Å²) >= 11 is 0. The zero-order valence-corrected chi connectivity index (χ0v) is 6.86. The molecule has 3 rings (SSSR count). The Labute approximate surface area is 76.4 Å². The monoisotopic (exact) mass is 169 g/mol. The zero-order valence-electron chi connectivity index (χ0n) is 6.86. The third kappa shape index (κ3) is 0.901. The maximum absolute atomic E-state index is 5.26.